The lowest BCUT2D eigenvalue weighted by molar-refractivity contribution is -0.117. The number of ketones is 1. The van der Waals surface area contributed by atoms with Crippen LogP contribution in [0, 0.1) is 5.92 Å². The van der Waals surface area contributed by atoms with E-state index in [4.69, 9.17) is 0 Å². The van der Waals surface area contributed by atoms with Crippen molar-refractivity contribution in [3.8, 4) is 0 Å². The molecule has 0 aromatic carbocycles. The van der Waals surface area contributed by atoms with Gasteiger partial charge in [0.25, 0.3) is 0 Å². The first-order valence-electron chi connectivity index (χ1n) is 6.01. The number of Topliss-reactive ketones (excluding diaryl/α,β-unsaturated/α-hetero) is 1. The molecule has 2 aliphatic rings. The number of hydrogen-bond donors (Lipinski definition) is 0. The Morgan fingerprint density at radius 3 is 2.86 bits per heavy atom. The van der Waals surface area contributed by atoms with E-state index in [0.717, 1.165) is 24.9 Å². The van der Waals surface area contributed by atoms with Gasteiger partial charge >= 0.3 is 0 Å². The zero-order valence-electron chi connectivity index (χ0n) is 9.17. The lowest BCUT2D eigenvalue weighted by Gasteiger charge is -2.37. The second-order valence-electron chi connectivity index (χ2n) is 4.89. The van der Waals surface area contributed by atoms with Gasteiger partial charge in [-0.2, -0.15) is 0 Å². The van der Waals surface area contributed by atoms with E-state index in [2.05, 4.69) is 4.90 Å². The molecule has 14 heavy (non-hydrogen) atoms. The molecule has 1 saturated carbocycles. The van der Waals surface area contributed by atoms with Crippen molar-refractivity contribution >= 4 is 5.78 Å². The van der Waals surface area contributed by atoms with Gasteiger partial charge in [-0.15, -0.1) is 0 Å². The predicted octanol–water partition coefficient (Wildman–Crippen LogP) is 2.23. The van der Waals surface area contributed by atoms with Crippen molar-refractivity contribution in [1.82, 2.24) is 4.90 Å². The van der Waals surface area contributed by atoms with Crippen LogP contribution in [0.3, 0.4) is 0 Å². The second kappa shape index (κ2) is 4.43. The van der Waals surface area contributed by atoms with Gasteiger partial charge in [0.1, 0.15) is 5.78 Å². The summed E-state index contributed by atoms with van der Waals surface area (Å²) in [6.45, 7) is 3.95. The van der Waals surface area contributed by atoms with Crippen molar-refractivity contribution < 1.29 is 4.79 Å². The van der Waals surface area contributed by atoms with Crippen LogP contribution in [-0.2, 0) is 4.79 Å². The smallest absolute Gasteiger partial charge is 0.131 e. The summed E-state index contributed by atoms with van der Waals surface area (Å²) >= 11 is 0. The number of nitrogens with zero attached hydrogens (tertiary/aromatic N) is 1. The van der Waals surface area contributed by atoms with E-state index in [1.54, 1.807) is 6.92 Å². The molecule has 0 aromatic heterocycles. The summed E-state index contributed by atoms with van der Waals surface area (Å²) in [5.41, 5.74) is 0. The first-order chi connectivity index (χ1) is 6.77. The summed E-state index contributed by atoms with van der Waals surface area (Å²) in [6, 6.07) is 0.822. The number of likely N-dealkylation sites (tertiary alicyclic amines) is 1. The molecule has 2 fully saturated rings. The third-order valence-corrected chi connectivity index (χ3v) is 3.86. The molecular weight excluding hydrogens is 174 g/mol. The summed E-state index contributed by atoms with van der Waals surface area (Å²) < 4.78 is 0. The second-order valence-corrected chi connectivity index (χ2v) is 4.89. The van der Waals surface area contributed by atoms with Crippen molar-refractivity contribution in [2.45, 2.75) is 51.5 Å². The van der Waals surface area contributed by atoms with Crippen LogP contribution in [0.2, 0.25) is 0 Å². The van der Waals surface area contributed by atoms with Crippen molar-refractivity contribution in [3.63, 3.8) is 0 Å². The van der Waals surface area contributed by atoms with Gasteiger partial charge in [0, 0.05) is 19.0 Å². The van der Waals surface area contributed by atoms with E-state index in [1.807, 2.05) is 0 Å². The van der Waals surface area contributed by atoms with Crippen LogP contribution >= 0.6 is 0 Å². The standard InChI is InChI=1S/C12H21NO/c1-10(14)7-9-13-8-3-5-11-4-2-6-12(11)13/h11-12H,2-9H2,1H3. The van der Waals surface area contributed by atoms with Crippen molar-refractivity contribution in [2.24, 2.45) is 5.92 Å². The average molecular weight is 195 g/mol. The molecule has 0 N–H and O–H groups in total. The van der Waals surface area contributed by atoms with Crippen molar-refractivity contribution in [1.29, 1.82) is 0 Å². The lowest BCUT2D eigenvalue weighted by Crippen LogP contribution is -2.43. The average Bonchev–Trinajstić information content (AvgIpc) is 2.62. The fourth-order valence-corrected chi connectivity index (χ4v) is 3.14. The SMILES string of the molecule is CC(=O)CCN1CCCC2CCCC21. The van der Waals surface area contributed by atoms with Gasteiger partial charge in [-0.05, 0) is 45.1 Å². The van der Waals surface area contributed by atoms with Gasteiger partial charge in [0.2, 0.25) is 0 Å². The maximum absolute atomic E-state index is 11.0. The van der Waals surface area contributed by atoms with Crippen LogP contribution < -0.4 is 0 Å². The highest BCUT2D eigenvalue weighted by atomic mass is 16.1. The van der Waals surface area contributed by atoms with Gasteiger partial charge in [-0.3, -0.25) is 9.69 Å². The molecule has 1 aliphatic heterocycles. The third-order valence-electron chi connectivity index (χ3n) is 3.86. The topological polar surface area (TPSA) is 20.3 Å². The van der Waals surface area contributed by atoms with Gasteiger partial charge < -0.3 is 0 Å². The molecule has 0 radical (unpaired) electrons. The Kier molecular flexibility index (Phi) is 3.22. The molecular formula is C12H21NO. The highest BCUT2D eigenvalue weighted by Gasteiger charge is 2.34. The number of piperidine rings is 1. The zero-order valence-corrected chi connectivity index (χ0v) is 9.17. The fourth-order valence-electron chi connectivity index (χ4n) is 3.14. The lowest BCUT2D eigenvalue weighted by atomic mass is 9.92. The molecule has 0 amide bonds. The molecule has 1 heterocycles. The molecule has 2 atom stereocenters. The van der Waals surface area contributed by atoms with Gasteiger partial charge in [-0.1, -0.05) is 6.42 Å². The molecule has 1 saturated heterocycles. The van der Waals surface area contributed by atoms with Crippen LogP contribution in [0.1, 0.15) is 45.4 Å². The Morgan fingerprint density at radius 2 is 2.07 bits per heavy atom. The van der Waals surface area contributed by atoms with Crippen LogP contribution in [-0.4, -0.2) is 29.8 Å². The van der Waals surface area contributed by atoms with Gasteiger partial charge in [0.15, 0.2) is 0 Å². The monoisotopic (exact) mass is 195 g/mol. The van der Waals surface area contributed by atoms with E-state index in [1.165, 1.54) is 38.6 Å². The number of hydrogen-bond acceptors (Lipinski definition) is 2. The molecule has 1 aliphatic carbocycles. The number of carbonyl (C=O) groups is 1. The van der Waals surface area contributed by atoms with E-state index in [9.17, 15) is 4.79 Å². The largest absolute Gasteiger partial charge is 0.300 e. The minimum atomic E-state index is 0.338. The Labute approximate surface area is 86.7 Å². The van der Waals surface area contributed by atoms with Gasteiger partial charge in [0.05, 0.1) is 0 Å². The molecule has 80 valence electrons. The molecule has 0 spiro atoms. The first-order valence-corrected chi connectivity index (χ1v) is 6.01. The molecule has 2 nitrogen and oxygen atoms in total. The minimum absolute atomic E-state index is 0.338. The van der Waals surface area contributed by atoms with Crippen molar-refractivity contribution in [3.05, 3.63) is 0 Å². The Hall–Kier alpha value is -0.370. The molecule has 2 rings (SSSR count). The summed E-state index contributed by atoms with van der Waals surface area (Å²) in [6.07, 6.45) is 7.75. The van der Waals surface area contributed by atoms with E-state index in [0.29, 0.717) is 5.78 Å². The molecule has 0 aromatic rings. The number of carbonyl (C=O) groups excluding carboxylic acids is 1. The van der Waals surface area contributed by atoms with Crippen LogP contribution in [0.4, 0.5) is 0 Å². The van der Waals surface area contributed by atoms with Crippen LogP contribution in [0.15, 0.2) is 0 Å². The first kappa shape index (κ1) is 10.2. The van der Waals surface area contributed by atoms with Gasteiger partial charge in [-0.25, -0.2) is 0 Å². The summed E-state index contributed by atoms with van der Waals surface area (Å²) in [5, 5.41) is 0. The Morgan fingerprint density at radius 1 is 1.29 bits per heavy atom. The van der Waals surface area contributed by atoms with Crippen LogP contribution in [0.5, 0.6) is 0 Å². The maximum Gasteiger partial charge on any atom is 0.131 e. The number of fused-ring (bicyclic) bond motifs is 1. The summed E-state index contributed by atoms with van der Waals surface area (Å²) in [7, 11) is 0. The molecule has 2 heteroatoms. The Balaban J connectivity index is 1.87. The Bertz CT molecular complexity index is 214. The van der Waals surface area contributed by atoms with E-state index >= 15 is 0 Å². The zero-order chi connectivity index (χ0) is 9.97. The third kappa shape index (κ3) is 2.17. The normalized spacial score (nSPS) is 32.9. The highest BCUT2D eigenvalue weighted by Crippen LogP contribution is 2.36. The maximum atomic E-state index is 11.0. The quantitative estimate of drug-likeness (QED) is 0.688. The van der Waals surface area contributed by atoms with Crippen molar-refractivity contribution in [2.75, 3.05) is 13.1 Å². The van der Waals surface area contributed by atoms with Crippen LogP contribution in [0.25, 0.3) is 0 Å². The minimum Gasteiger partial charge on any atom is -0.300 e. The molecule has 0 bridgehead atoms. The summed E-state index contributed by atoms with van der Waals surface area (Å²) in [5.74, 6) is 1.29. The van der Waals surface area contributed by atoms with E-state index < -0.39 is 0 Å². The van der Waals surface area contributed by atoms with E-state index in [-0.39, 0.29) is 0 Å². The predicted molar refractivity (Wildman–Crippen MR) is 57.2 cm³/mol. The fraction of sp³-hybridized carbons (Fsp3) is 0.917. The summed E-state index contributed by atoms with van der Waals surface area (Å²) in [4.78, 5) is 13.5. The number of rotatable bonds is 3. The molecule has 2 unspecified atom stereocenters. The highest BCUT2D eigenvalue weighted by molar-refractivity contribution is 5.75.